The Balaban J connectivity index is 1.95. The maximum Gasteiger partial charge on any atom is 0.325 e. The Morgan fingerprint density at radius 3 is 2.79 bits per heavy atom. The van der Waals surface area contributed by atoms with E-state index in [2.05, 4.69) is 4.98 Å². The zero-order chi connectivity index (χ0) is 20.5. The number of nitrogens with zero attached hydrogens (tertiary/aromatic N) is 3. The van der Waals surface area contributed by atoms with Gasteiger partial charge in [-0.1, -0.05) is 23.9 Å². The molecular weight excluding hydrogens is 413 g/mol. The van der Waals surface area contributed by atoms with Crippen LogP contribution in [0, 0.1) is 5.82 Å². The molecule has 3 aromatic rings. The van der Waals surface area contributed by atoms with Crippen LogP contribution in [0.1, 0.15) is 5.69 Å². The molecular formula is C20H16FN3O3S2. The molecule has 0 amide bonds. The molecule has 0 fully saturated rings. The minimum Gasteiger partial charge on any atom is -0.468 e. The van der Waals surface area contributed by atoms with Crippen LogP contribution in [0.15, 0.2) is 52.3 Å². The molecule has 0 bridgehead atoms. The molecule has 148 valence electrons. The average molecular weight is 429 g/mol. The Morgan fingerprint density at radius 1 is 1.28 bits per heavy atom. The highest BCUT2D eigenvalue weighted by atomic mass is 32.2. The summed E-state index contributed by atoms with van der Waals surface area (Å²) in [5.41, 5.74) is 0.769. The van der Waals surface area contributed by atoms with Gasteiger partial charge in [-0.2, -0.15) is 0 Å². The fourth-order valence-corrected chi connectivity index (χ4v) is 5.39. The molecule has 0 spiro atoms. The van der Waals surface area contributed by atoms with E-state index < -0.39 is 5.97 Å². The lowest BCUT2D eigenvalue weighted by Gasteiger charge is -2.12. The lowest BCUT2D eigenvalue weighted by atomic mass is 10.3. The summed E-state index contributed by atoms with van der Waals surface area (Å²) in [5.74, 6) is -0.877. The van der Waals surface area contributed by atoms with Gasteiger partial charge >= 0.3 is 5.97 Å². The lowest BCUT2D eigenvalue weighted by molar-refractivity contribution is -0.141. The largest absolute Gasteiger partial charge is 0.468 e. The third-order valence-electron chi connectivity index (χ3n) is 4.38. The molecule has 0 saturated carbocycles. The SMILES string of the molecule is COC(=O)Cn1c(=O)/c(=C2\Sc3cccc(F)c3N2C)s/c1=C\c1ccccn1. The van der Waals surface area contributed by atoms with Gasteiger partial charge in [0.1, 0.15) is 26.6 Å². The zero-order valence-electron chi connectivity index (χ0n) is 15.6. The molecule has 0 saturated heterocycles. The van der Waals surface area contributed by atoms with Crippen LogP contribution in [0.3, 0.4) is 0 Å². The van der Waals surface area contributed by atoms with Crippen LogP contribution in [0.5, 0.6) is 0 Å². The van der Waals surface area contributed by atoms with Crippen LogP contribution in [-0.4, -0.2) is 29.7 Å². The van der Waals surface area contributed by atoms with E-state index in [0.717, 1.165) is 4.90 Å². The lowest BCUT2D eigenvalue weighted by Crippen LogP contribution is -2.36. The fraction of sp³-hybridized carbons (Fsp3) is 0.150. The second-order valence-corrected chi connectivity index (χ2v) is 8.25. The first-order valence-electron chi connectivity index (χ1n) is 8.63. The quantitative estimate of drug-likeness (QED) is 0.591. The summed E-state index contributed by atoms with van der Waals surface area (Å²) in [6.07, 6.45) is 3.39. The molecule has 1 aliphatic rings. The van der Waals surface area contributed by atoms with Gasteiger partial charge in [0.05, 0.1) is 18.5 Å². The molecule has 3 heterocycles. The highest BCUT2D eigenvalue weighted by molar-refractivity contribution is 8.08. The predicted molar refractivity (Wildman–Crippen MR) is 112 cm³/mol. The van der Waals surface area contributed by atoms with Crippen molar-refractivity contribution >= 4 is 45.9 Å². The topological polar surface area (TPSA) is 64.4 Å². The summed E-state index contributed by atoms with van der Waals surface area (Å²) < 4.78 is 21.4. The third kappa shape index (κ3) is 3.58. The first-order chi connectivity index (χ1) is 14.0. The number of pyridine rings is 1. The van der Waals surface area contributed by atoms with Crippen LogP contribution in [-0.2, 0) is 16.1 Å². The Hall–Kier alpha value is -2.91. The summed E-state index contributed by atoms with van der Waals surface area (Å²) in [5, 5.41) is 0.624. The predicted octanol–water partition coefficient (Wildman–Crippen LogP) is 1.75. The molecule has 1 aliphatic heterocycles. The summed E-state index contributed by atoms with van der Waals surface area (Å²) in [4.78, 5) is 31.7. The Kier molecular flexibility index (Phi) is 5.25. The molecule has 2 aromatic heterocycles. The highest BCUT2D eigenvalue weighted by Crippen LogP contribution is 2.46. The molecule has 4 rings (SSSR count). The minimum absolute atomic E-state index is 0.215. The number of rotatable bonds is 3. The number of methoxy groups -OCH3 is 1. The van der Waals surface area contributed by atoms with Crippen molar-refractivity contribution in [2.24, 2.45) is 0 Å². The zero-order valence-corrected chi connectivity index (χ0v) is 17.2. The van der Waals surface area contributed by atoms with E-state index in [1.54, 1.807) is 42.4 Å². The third-order valence-corrected chi connectivity index (χ3v) is 6.85. The number of thiazole rings is 1. The minimum atomic E-state index is -0.529. The Labute approximate surface area is 173 Å². The van der Waals surface area contributed by atoms with Gasteiger partial charge in [0.15, 0.2) is 0 Å². The van der Waals surface area contributed by atoms with E-state index in [0.29, 0.717) is 25.6 Å². The number of carbonyl (C=O) groups is 1. The van der Waals surface area contributed by atoms with Crippen molar-refractivity contribution in [3.05, 3.63) is 73.7 Å². The molecule has 0 atom stereocenters. The molecule has 6 nitrogen and oxygen atoms in total. The Morgan fingerprint density at radius 2 is 2.10 bits per heavy atom. The van der Waals surface area contributed by atoms with Crippen molar-refractivity contribution in [1.82, 2.24) is 9.55 Å². The van der Waals surface area contributed by atoms with Gasteiger partial charge in [-0.15, -0.1) is 11.3 Å². The second kappa shape index (κ2) is 7.84. The first kappa shape index (κ1) is 19.4. The van der Waals surface area contributed by atoms with Gasteiger partial charge in [-0.25, -0.2) is 4.39 Å². The molecule has 0 radical (unpaired) electrons. The number of anilines is 1. The number of aromatic nitrogens is 2. The van der Waals surface area contributed by atoms with E-state index in [-0.39, 0.29) is 17.9 Å². The molecule has 1 aromatic carbocycles. The molecule has 0 N–H and O–H groups in total. The van der Waals surface area contributed by atoms with E-state index in [1.165, 1.54) is 40.8 Å². The normalized spacial score (nSPS) is 15.6. The first-order valence-corrected chi connectivity index (χ1v) is 10.3. The monoisotopic (exact) mass is 429 g/mol. The van der Waals surface area contributed by atoms with E-state index in [9.17, 15) is 14.0 Å². The van der Waals surface area contributed by atoms with Gasteiger partial charge < -0.3 is 9.64 Å². The van der Waals surface area contributed by atoms with Crippen LogP contribution in [0.2, 0.25) is 0 Å². The Bertz CT molecular complexity index is 1270. The van der Waals surface area contributed by atoms with Crippen molar-refractivity contribution in [2.75, 3.05) is 19.1 Å². The summed E-state index contributed by atoms with van der Waals surface area (Å²) in [6, 6.07) is 10.3. The summed E-state index contributed by atoms with van der Waals surface area (Å²) in [6.45, 7) is -0.215. The van der Waals surface area contributed by atoms with Crippen molar-refractivity contribution in [2.45, 2.75) is 11.4 Å². The van der Waals surface area contributed by atoms with Crippen LogP contribution < -0.4 is 19.7 Å². The molecule has 0 aliphatic carbocycles. The highest BCUT2D eigenvalue weighted by Gasteiger charge is 2.27. The van der Waals surface area contributed by atoms with Crippen LogP contribution >= 0.6 is 23.1 Å². The molecule has 9 heteroatoms. The number of ether oxygens (including phenoxy) is 1. The maximum absolute atomic E-state index is 14.3. The number of carbonyl (C=O) groups excluding carboxylic acids is 1. The van der Waals surface area contributed by atoms with Crippen molar-refractivity contribution < 1.29 is 13.9 Å². The molecule has 29 heavy (non-hydrogen) atoms. The second-order valence-electron chi connectivity index (χ2n) is 6.19. The molecule has 0 unspecified atom stereocenters. The maximum atomic E-state index is 14.3. The standard InChI is InChI=1S/C20H16FN3O3S2/c1-23-17-13(21)7-5-8-14(17)28-20(23)18-19(26)24(11-16(25)27-2)15(29-18)10-12-6-3-4-9-22-12/h3-10H,11H2,1-2H3/b15-10-,20-18+. The van der Waals surface area contributed by atoms with E-state index in [4.69, 9.17) is 4.74 Å². The number of halogens is 1. The number of para-hydroxylation sites is 1. The van der Waals surface area contributed by atoms with Crippen molar-refractivity contribution in [1.29, 1.82) is 0 Å². The number of hydrogen-bond donors (Lipinski definition) is 0. The number of thioether (sulfide) groups is 1. The van der Waals surface area contributed by atoms with Crippen molar-refractivity contribution in [3.63, 3.8) is 0 Å². The van der Waals surface area contributed by atoms with E-state index >= 15 is 0 Å². The van der Waals surface area contributed by atoms with Gasteiger partial charge in [-0.3, -0.25) is 19.1 Å². The van der Waals surface area contributed by atoms with E-state index in [1.807, 2.05) is 12.1 Å². The smallest absolute Gasteiger partial charge is 0.325 e. The van der Waals surface area contributed by atoms with Crippen LogP contribution in [0.4, 0.5) is 10.1 Å². The van der Waals surface area contributed by atoms with Gasteiger partial charge in [0.25, 0.3) is 5.56 Å². The van der Waals surface area contributed by atoms with Crippen molar-refractivity contribution in [3.8, 4) is 0 Å². The number of esters is 1. The fourth-order valence-electron chi connectivity index (χ4n) is 2.98. The van der Waals surface area contributed by atoms with Gasteiger partial charge in [-0.05, 0) is 30.3 Å². The summed E-state index contributed by atoms with van der Waals surface area (Å²) >= 11 is 2.57. The average Bonchev–Trinajstić information content (AvgIpc) is 3.21. The summed E-state index contributed by atoms with van der Waals surface area (Å²) in [7, 11) is 3.00. The van der Waals surface area contributed by atoms with Crippen LogP contribution in [0.25, 0.3) is 11.1 Å². The number of fused-ring (bicyclic) bond motifs is 1. The number of hydrogen-bond acceptors (Lipinski definition) is 7. The van der Waals surface area contributed by atoms with Gasteiger partial charge in [0.2, 0.25) is 0 Å². The number of benzene rings is 1. The van der Waals surface area contributed by atoms with Gasteiger partial charge in [0, 0.05) is 18.1 Å².